The molecule has 0 spiro atoms. The maximum Gasteiger partial charge on any atom is 0.342 e. The van der Waals surface area contributed by atoms with E-state index in [2.05, 4.69) is 5.32 Å². The Morgan fingerprint density at radius 2 is 2.11 bits per heavy atom. The first kappa shape index (κ1) is 17.5. The van der Waals surface area contributed by atoms with E-state index in [0.29, 0.717) is 28.7 Å². The molecule has 2 N–H and O–H groups in total. The molecule has 3 aromatic rings. The monoisotopic (exact) mass is 369 g/mol. The van der Waals surface area contributed by atoms with Crippen LogP contribution < -0.4 is 5.32 Å². The van der Waals surface area contributed by atoms with Crippen molar-refractivity contribution in [3.05, 3.63) is 53.3 Å². The molecule has 2 aromatic carbocycles. The van der Waals surface area contributed by atoms with Crippen LogP contribution in [0.2, 0.25) is 0 Å². The predicted octanol–water partition coefficient (Wildman–Crippen LogP) is 4.65. The van der Waals surface area contributed by atoms with Crippen LogP contribution >= 0.6 is 0 Å². The summed E-state index contributed by atoms with van der Waals surface area (Å²) in [5, 5.41) is 14.3. The number of ether oxygens (including phenoxy) is 1. The maximum atomic E-state index is 13.3. The van der Waals surface area contributed by atoms with Gasteiger partial charge in [0, 0.05) is 34.8 Å². The first-order valence-corrected chi connectivity index (χ1v) is 9.04. The van der Waals surface area contributed by atoms with E-state index in [1.807, 2.05) is 0 Å². The zero-order valence-corrected chi connectivity index (χ0v) is 14.9. The molecular weight excluding hydrogens is 349 g/mol. The van der Waals surface area contributed by atoms with Gasteiger partial charge in [-0.3, -0.25) is 0 Å². The number of hydrogen-bond donors (Lipinski definition) is 2. The fourth-order valence-electron chi connectivity index (χ4n) is 3.47. The Morgan fingerprint density at radius 3 is 2.85 bits per heavy atom. The molecule has 1 aromatic heterocycles. The molecule has 5 nitrogen and oxygen atoms in total. The minimum absolute atomic E-state index is 0.226. The number of aliphatic hydroxyl groups is 1. The molecule has 1 aliphatic heterocycles. The van der Waals surface area contributed by atoms with Crippen molar-refractivity contribution in [2.75, 3.05) is 18.5 Å². The summed E-state index contributed by atoms with van der Waals surface area (Å²) in [4.78, 5) is 12.7. The number of esters is 1. The van der Waals surface area contributed by atoms with Crippen LogP contribution in [-0.2, 0) is 4.74 Å². The van der Waals surface area contributed by atoms with Gasteiger partial charge in [-0.15, -0.1) is 0 Å². The number of fused-ring (bicyclic) bond motifs is 2. The molecule has 0 saturated heterocycles. The molecule has 0 amide bonds. The van der Waals surface area contributed by atoms with Crippen LogP contribution in [0.25, 0.3) is 22.3 Å². The van der Waals surface area contributed by atoms with E-state index in [1.54, 1.807) is 31.2 Å². The normalized spacial score (nSPS) is 16.5. The third-order valence-corrected chi connectivity index (χ3v) is 4.77. The number of carbonyl (C=O) groups is 1. The van der Waals surface area contributed by atoms with Crippen LogP contribution in [0, 0.1) is 5.82 Å². The Bertz CT molecular complexity index is 994. The van der Waals surface area contributed by atoms with Crippen LogP contribution in [0.15, 0.2) is 40.8 Å². The first-order valence-electron chi connectivity index (χ1n) is 9.04. The van der Waals surface area contributed by atoms with E-state index < -0.39 is 12.1 Å². The summed E-state index contributed by atoms with van der Waals surface area (Å²) in [7, 11) is 0. The van der Waals surface area contributed by atoms with Crippen molar-refractivity contribution in [1.29, 1.82) is 0 Å². The van der Waals surface area contributed by atoms with Gasteiger partial charge in [-0.1, -0.05) is 0 Å². The number of nitrogens with one attached hydrogen (secondary N) is 1. The highest BCUT2D eigenvalue weighted by Crippen LogP contribution is 2.39. The van der Waals surface area contributed by atoms with Crippen molar-refractivity contribution in [3.63, 3.8) is 0 Å². The van der Waals surface area contributed by atoms with Crippen LogP contribution in [0.3, 0.4) is 0 Å². The Kier molecular flexibility index (Phi) is 4.58. The second kappa shape index (κ2) is 7.04. The predicted molar refractivity (Wildman–Crippen MR) is 100 cm³/mol. The Hall–Kier alpha value is -2.86. The maximum absolute atomic E-state index is 13.3. The highest BCUT2D eigenvalue weighted by molar-refractivity contribution is 6.09. The number of carbonyl (C=O) groups excluding carboxylic acids is 1. The SMILES string of the molecule is CCOC(=O)c1c(-c2ccc(F)cc2)oc2cc3c(cc12)C(O)CCCN3. The van der Waals surface area contributed by atoms with E-state index in [1.165, 1.54) is 12.1 Å². The molecular formula is C21H20FNO4. The van der Waals surface area contributed by atoms with Crippen molar-refractivity contribution < 1.29 is 23.4 Å². The fourth-order valence-corrected chi connectivity index (χ4v) is 3.47. The van der Waals surface area contributed by atoms with Gasteiger partial charge >= 0.3 is 5.97 Å². The summed E-state index contributed by atoms with van der Waals surface area (Å²) in [6, 6.07) is 9.35. The van der Waals surface area contributed by atoms with Crippen molar-refractivity contribution >= 4 is 22.6 Å². The van der Waals surface area contributed by atoms with Crippen LogP contribution in [-0.4, -0.2) is 24.2 Å². The molecule has 27 heavy (non-hydrogen) atoms. The summed E-state index contributed by atoms with van der Waals surface area (Å²) in [6.07, 6.45) is 0.879. The van der Waals surface area contributed by atoms with Gasteiger partial charge in [0.05, 0.1) is 12.7 Å². The molecule has 0 saturated carbocycles. The van der Waals surface area contributed by atoms with Crippen molar-refractivity contribution in [2.24, 2.45) is 0 Å². The Balaban J connectivity index is 1.96. The second-order valence-corrected chi connectivity index (χ2v) is 6.55. The van der Waals surface area contributed by atoms with Crippen molar-refractivity contribution in [2.45, 2.75) is 25.9 Å². The summed E-state index contributed by atoms with van der Waals surface area (Å²) in [6.45, 7) is 2.72. The van der Waals surface area contributed by atoms with Crippen LogP contribution in [0.1, 0.15) is 41.8 Å². The Morgan fingerprint density at radius 1 is 1.33 bits per heavy atom. The van der Waals surface area contributed by atoms with Gasteiger partial charge in [0.2, 0.25) is 0 Å². The largest absolute Gasteiger partial charge is 0.462 e. The molecule has 0 aliphatic carbocycles. The minimum Gasteiger partial charge on any atom is -0.462 e. The molecule has 0 bridgehead atoms. The van der Waals surface area contributed by atoms with E-state index >= 15 is 0 Å². The topological polar surface area (TPSA) is 71.7 Å². The lowest BCUT2D eigenvalue weighted by Crippen LogP contribution is -2.06. The van der Waals surface area contributed by atoms with Gasteiger partial charge in [0.1, 0.15) is 22.7 Å². The van der Waals surface area contributed by atoms with Gasteiger partial charge in [-0.05, 0) is 50.1 Å². The molecule has 2 heterocycles. The summed E-state index contributed by atoms with van der Waals surface area (Å²) < 4.78 is 24.5. The number of benzene rings is 2. The van der Waals surface area contributed by atoms with E-state index in [4.69, 9.17) is 9.15 Å². The number of rotatable bonds is 3. The van der Waals surface area contributed by atoms with E-state index in [-0.39, 0.29) is 18.0 Å². The molecule has 0 fully saturated rings. The van der Waals surface area contributed by atoms with Gasteiger partial charge in [-0.2, -0.15) is 0 Å². The highest BCUT2D eigenvalue weighted by Gasteiger charge is 2.26. The lowest BCUT2D eigenvalue weighted by atomic mass is 9.99. The molecule has 1 atom stereocenters. The van der Waals surface area contributed by atoms with Gasteiger partial charge < -0.3 is 19.6 Å². The first-order chi connectivity index (χ1) is 13.1. The quantitative estimate of drug-likeness (QED) is 0.657. The van der Waals surface area contributed by atoms with Gasteiger partial charge in [0.25, 0.3) is 0 Å². The number of furan rings is 1. The lowest BCUT2D eigenvalue weighted by Gasteiger charge is -2.12. The van der Waals surface area contributed by atoms with Crippen molar-refractivity contribution in [1.82, 2.24) is 0 Å². The minimum atomic E-state index is -0.612. The zero-order valence-electron chi connectivity index (χ0n) is 14.9. The molecule has 140 valence electrons. The van der Waals surface area contributed by atoms with Gasteiger partial charge in [-0.25, -0.2) is 9.18 Å². The number of halogens is 1. The second-order valence-electron chi connectivity index (χ2n) is 6.55. The number of anilines is 1. The zero-order chi connectivity index (χ0) is 19.0. The Labute approximate surface area is 155 Å². The average molecular weight is 369 g/mol. The number of aliphatic hydroxyl groups excluding tert-OH is 1. The fraction of sp³-hybridized carbons (Fsp3) is 0.286. The smallest absolute Gasteiger partial charge is 0.342 e. The molecule has 6 heteroatoms. The average Bonchev–Trinajstić information content (AvgIpc) is 2.93. The number of hydrogen-bond acceptors (Lipinski definition) is 5. The summed E-state index contributed by atoms with van der Waals surface area (Å²) in [5.74, 6) is -0.545. The standard InChI is InChI=1S/C21H20FNO4/c1-2-26-21(25)19-15-10-14-16(23-9-3-4-17(14)24)11-18(15)27-20(19)12-5-7-13(22)8-6-12/h5-8,10-11,17,23-24H,2-4,9H2,1H3. The molecule has 0 radical (unpaired) electrons. The van der Waals surface area contributed by atoms with E-state index in [0.717, 1.165) is 24.2 Å². The molecule has 1 unspecified atom stereocenters. The summed E-state index contributed by atoms with van der Waals surface area (Å²) >= 11 is 0. The third kappa shape index (κ3) is 3.17. The third-order valence-electron chi connectivity index (χ3n) is 4.77. The highest BCUT2D eigenvalue weighted by atomic mass is 19.1. The van der Waals surface area contributed by atoms with Crippen molar-refractivity contribution in [3.8, 4) is 11.3 Å². The lowest BCUT2D eigenvalue weighted by molar-refractivity contribution is 0.0528. The molecule has 1 aliphatic rings. The molecule has 4 rings (SSSR count). The van der Waals surface area contributed by atoms with Gasteiger partial charge in [0.15, 0.2) is 0 Å². The van der Waals surface area contributed by atoms with Crippen LogP contribution in [0.4, 0.5) is 10.1 Å². The summed E-state index contributed by atoms with van der Waals surface area (Å²) in [5.41, 5.74) is 2.91. The van der Waals surface area contributed by atoms with Crippen LogP contribution in [0.5, 0.6) is 0 Å². The van der Waals surface area contributed by atoms with E-state index in [9.17, 15) is 14.3 Å².